The average Bonchev–Trinajstić information content (AvgIpc) is 2.68. The smallest absolute Gasteiger partial charge is 0.433 e. The number of anilines is 1. The first kappa shape index (κ1) is 20.3. The van der Waals surface area contributed by atoms with Crippen LogP contribution >= 0.6 is 0 Å². The summed E-state index contributed by atoms with van der Waals surface area (Å²) in [4.78, 5) is 10.4. The van der Waals surface area contributed by atoms with Crippen molar-refractivity contribution in [3.8, 4) is 5.75 Å². The number of hydrogen-bond acceptors (Lipinski definition) is 5. The van der Waals surface area contributed by atoms with E-state index in [4.69, 9.17) is 4.74 Å². The summed E-state index contributed by atoms with van der Waals surface area (Å²) in [6.45, 7) is 2.76. The van der Waals surface area contributed by atoms with Crippen molar-refractivity contribution in [1.29, 1.82) is 0 Å². The standard InChI is InChI=1S/C18H20F4N4O2/c19-13-1-3-15(4-2-13)28-12-14(27)11-25-7-9-26(10-8-25)17-23-6-5-16(24-17)18(20,21)22/h1-6,14,27H,7-12H2/p+1/t14-/m0/s1. The second kappa shape index (κ2) is 8.70. The summed E-state index contributed by atoms with van der Waals surface area (Å²) < 4.78 is 56.6. The molecule has 3 rings (SSSR count). The topological polar surface area (TPSA) is 62.9 Å². The first-order valence-corrected chi connectivity index (χ1v) is 8.86. The lowest BCUT2D eigenvalue weighted by molar-refractivity contribution is -0.903. The molecule has 1 aromatic carbocycles. The Morgan fingerprint density at radius 1 is 1.14 bits per heavy atom. The molecule has 152 valence electrons. The maximum atomic E-state index is 12.9. The highest BCUT2D eigenvalue weighted by atomic mass is 19.4. The second-order valence-electron chi connectivity index (χ2n) is 6.60. The lowest BCUT2D eigenvalue weighted by Crippen LogP contribution is -3.16. The number of piperazine rings is 1. The highest BCUT2D eigenvalue weighted by molar-refractivity contribution is 5.31. The first-order valence-electron chi connectivity index (χ1n) is 8.86. The summed E-state index contributed by atoms with van der Waals surface area (Å²) >= 11 is 0. The van der Waals surface area contributed by atoms with Gasteiger partial charge in [-0.25, -0.2) is 14.4 Å². The molecule has 28 heavy (non-hydrogen) atoms. The van der Waals surface area contributed by atoms with Crippen LogP contribution in [0.3, 0.4) is 0 Å². The minimum Gasteiger partial charge on any atom is -0.491 e. The highest BCUT2D eigenvalue weighted by Crippen LogP contribution is 2.28. The summed E-state index contributed by atoms with van der Waals surface area (Å²) in [5.41, 5.74) is -0.958. The quantitative estimate of drug-likeness (QED) is 0.701. The third kappa shape index (κ3) is 5.52. The number of quaternary nitrogens is 1. The fourth-order valence-electron chi connectivity index (χ4n) is 3.00. The average molecular weight is 401 g/mol. The third-order valence-corrected chi connectivity index (χ3v) is 4.47. The number of hydrogen-bond donors (Lipinski definition) is 2. The van der Waals surface area contributed by atoms with Crippen molar-refractivity contribution in [2.45, 2.75) is 12.3 Å². The number of rotatable bonds is 6. The Bertz CT molecular complexity index is 765. The molecule has 0 bridgehead atoms. The number of nitrogens with one attached hydrogen (secondary N) is 1. The van der Waals surface area contributed by atoms with Crippen LogP contribution in [-0.4, -0.2) is 60.5 Å². The monoisotopic (exact) mass is 401 g/mol. The maximum Gasteiger partial charge on any atom is 0.433 e. The van der Waals surface area contributed by atoms with Crippen LogP contribution in [0.15, 0.2) is 36.5 Å². The Morgan fingerprint density at radius 2 is 1.82 bits per heavy atom. The molecule has 2 heterocycles. The minimum atomic E-state index is -4.50. The van der Waals surface area contributed by atoms with Gasteiger partial charge in [0.15, 0.2) is 0 Å². The van der Waals surface area contributed by atoms with Gasteiger partial charge in [0.2, 0.25) is 5.95 Å². The van der Waals surface area contributed by atoms with E-state index in [-0.39, 0.29) is 18.4 Å². The van der Waals surface area contributed by atoms with Gasteiger partial charge in [-0.1, -0.05) is 0 Å². The second-order valence-corrected chi connectivity index (χ2v) is 6.60. The summed E-state index contributed by atoms with van der Waals surface area (Å²) in [5, 5.41) is 10.1. The molecule has 0 radical (unpaired) electrons. The zero-order chi connectivity index (χ0) is 20.1. The number of halogens is 4. The summed E-state index contributed by atoms with van der Waals surface area (Å²) in [6.07, 6.45) is -4.10. The number of aromatic nitrogens is 2. The Kier molecular flexibility index (Phi) is 6.30. The van der Waals surface area contributed by atoms with Crippen molar-refractivity contribution < 1.29 is 32.3 Å². The van der Waals surface area contributed by atoms with Crippen molar-refractivity contribution in [2.24, 2.45) is 0 Å². The van der Waals surface area contributed by atoms with Crippen molar-refractivity contribution in [3.63, 3.8) is 0 Å². The van der Waals surface area contributed by atoms with Gasteiger partial charge >= 0.3 is 6.18 Å². The zero-order valence-electron chi connectivity index (χ0n) is 15.0. The molecule has 1 aliphatic heterocycles. The molecule has 1 fully saturated rings. The van der Waals surface area contributed by atoms with E-state index in [1.54, 1.807) is 4.90 Å². The predicted molar refractivity (Wildman–Crippen MR) is 92.7 cm³/mol. The van der Waals surface area contributed by atoms with Crippen LogP contribution in [0.5, 0.6) is 5.75 Å². The number of alkyl halides is 3. The van der Waals surface area contributed by atoms with Gasteiger partial charge in [-0.3, -0.25) is 0 Å². The van der Waals surface area contributed by atoms with Gasteiger partial charge in [0.1, 0.15) is 36.5 Å². The molecule has 0 spiro atoms. The molecule has 1 saturated heterocycles. The van der Waals surface area contributed by atoms with Gasteiger partial charge in [0.05, 0.1) is 26.2 Å². The summed E-state index contributed by atoms with van der Waals surface area (Å²) in [6, 6.07) is 6.39. The van der Waals surface area contributed by atoms with Crippen molar-refractivity contribution in [3.05, 3.63) is 48.0 Å². The minimum absolute atomic E-state index is 0.0640. The molecule has 2 aromatic rings. The summed E-state index contributed by atoms with van der Waals surface area (Å²) in [7, 11) is 0. The van der Waals surface area contributed by atoms with Gasteiger partial charge < -0.3 is 19.6 Å². The van der Waals surface area contributed by atoms with E-state index in [0.29, 0.717) is 38.5 Å². The van der Waals surface area contributed by atoms with Crippen molar-refractivity contribution in [2.75, 3.05) is 44.2 Å². The van der Waals surface area contributed by atoms with Gasteiger partial charge in [0, 0.05) is 6.20 Å². The molecular weight excluding hydrogens is 380 g/mol. The molecule has 1 aliphatic rings. The van der Waals surface area contributed by atoms with Gasteiger partial charge in [-0.2, -0.15) is 13.2 Å². The molecule has 0 saturated carbocycles. The van der Waals surface area contributed by atoms with Gasteiger partial charge in [-0.05, 0) is 30.3 Å². The van der Waals surface area contributed by atoms with E-state index in [9.17, 15) is 22.7 Å². The molecule has 0 amide bonds. The molecule has 1 atom stereocenters. The van der Waals surface area contributed by atoms with Crippen LogP contribution in [0, 0.1) is 5.82 Å². The fourth-order valence-corrected chi connectivity index (χ4v) is 3.00. The lowest BCUT2D eigenvalue weighted by atomic mass is 10.2. The number of ether oxygens (including phenoxy) is 1. The third-order valence-electron chi connectivity index (χ3n) is 4.47. The molecule has 6 nitrogen and oxygen atoms in total. The largest absolute Gasteiger partial charge is 0.491 e. The molecule has 1 aromatic heterocycles. The van der Waals surface area contributed by atoms with E-state index in [1.807, 2.05) is 0 Å². The Hall–Kier alpha value is -2.46. The van der Waals surface area contributed by atoms with Crippen molar-refractivity contribution >= 4 is 5.95 Å². The number of aliphatic hydroxyl groups excluding tert-OH is 1. The Labute approximate surface area is 159 Å². The maximum absolute atomic E-state index is 12.9. The van der Waals surface area contributed by atoms with Crippen LogP contribution in [0.2, 0.25) is 0 Å². The van der Waals surface area contributed by atoms with E-state index in [0.717, 1.165) is 17.2 Å². The zero-order valence-corrected chi connectivity index (χ0v) is 15.0. The number of nitrogens with zero attached hydrogens (tertiary/aromatic N) is 3. The molecule has 0 unspecified atom stereocenters. The van der Waals surface area contributed by atoms with Crippen LogP contribution in [0.4, 0.5) is 23.5 Å². The Balaban J connectivity index is 1.45. The first-order chi connectivity index (χ1) is 13.3. The fraction of sp³-hybridized carbons (Fsp3) is 0.444. The number of benzene rings is 1. The van der Waals surface area contributed by atoms with Crippen LogP contribution < -0.4 is 14.5 Å². The van der Waals surface area contributed by atoms with Gasteiger partial charge in [-0.15, -0.1) is 0 Å². The number of aliphatic hydroxyl groups is 1. The lowest BCUT2D eigenvalue weighted by Gasteiger charge is -2.33. The van der Waals surface area contributed by atoms with Crippen LogP contribution in [-0.2, 0) is 6.18 Å². The summed E-state index contributed by atoms with van der Waals surface area (Å²) in [5.74, 6) is 0.177. The van der Waals surface area contributed by atoms with E-state index in [1.165, 1.54) is 24.3 Å². The van der Waals surface area contributed by atoms with Crippen LogP contribution in [0.1, 0.15) is 5.69 Å². The van der Waals surface area contributed by atoms with Gasteiger partial charge in [0.25, 0.3) is 0 Å². The van der Waals surface area contributed by atoms with Crippen molar-refractivity contribution in [1.82, 2.24) is 9.97 Å². The Morgan fingerprint density at radius 3 is 2.46 bits per heavy atom. The van der Waals surface area contributed by atoms with E-state index < -0.39 is 18.0 Å². The molecule has 0 aliphatic carbocycles. The highest BCUT2D eigenvalue weighted by Gasteiger charge is 2.33. The van der Waals surface area contributed by atoms with E-state index in [2.05, 4.69) is 9.97 Å². The van der Waals surface area contributed by atoms with E-state index >= 15 is 0 Å². The predicted octanol–water partition coefficient (Wildman–Crippen LogP) is 0.779. The molecule has 10 heteroatoms. The van der Waals surface area contributed by atoms with Crippen LogP contribution in [0.25, 0.3) is 0 Å². The normalized spacial score (nSPS) is 16.8. The molecular formula is C18H21F4N4O2+. The SMILES string of the molecule is O[C@H](COc1ccc(F)cc1)C[NH+]1CCN(c2nccc(C(F)(F)F)n2)CC1. The molecule has 2 N–H and O–H groups in total.